The standard InChI is InChI=1S/C9H19NO/c1-6(2)8-4-3-7(11)5-9(8)10/h6-9,11H,3-5,10H2,1-2H3. The third-order valence-corrected chi connectivity index (χ3v) is 2.78. The second kappa shape index (κ2) is 3.55. The van der Waals surface area contributed by atoms with Crippen LogP contribution in [0.4, 0.5) is 0 Å². The second-order valence-corrected chi connectivity index (χ2v) is 4.04. The van der Waals surface area contributed by atoms with Crippen molar-refractivity contribution in [2.45, 2.75) is 45.3 Å². The summed E-state index contributed by atoms with van der Waals surface area (Å²) >= 11 is 0. The van der Waals surface area contributed by atoms with E-state index in [4.69, 9.17) is 5.73 Å². The molecule has 3 atom stereocenters. The van der Waals surface area contributed by atoms with Crippen LogP contribution in [0.1, 0.15) is 33.1 Å². The van der Waals surface area contributed by atoms with Crippen LogP contribution in [0.3, 0.4) is 0 Å². The van der Waals surface area contributed by atoms with Crippen LogP contribution >= 0.6 is 0 Å². The minimum absolute atomic E-state index is 0.139. The number of rotatable bonds is 1. The van der Waals surface area contributed by atoms with Gasteiger partial charge in [0.2, 0.25) is 0 Å². The molecule has 0 radical (unpaired) electrons. The lowest BCUT2D eigenvalue weighted by molar-refractivity contribution is 0.0816. The summed E-state index contributed by atoms with van der Waals surface area (Å²) in [6.45, 7) is 4.42. The van der Waals surface area contributed by atoms with E-state index in [1.807, 2.05) is 0 Å². The lowest BCUT2D eigenvalue weighted by Crippen LogP contribution is -2.40. The van der Waals surface area contributed by atoms with Gasteiger partial charge in [-0.3, -0.25) is 0 Å². The van der Waals surface area contributed by atoms with Crippen LogP contribution in [0.5, 0.6) is 0 Å². The van der Waals surface area contributed by atoms with Crippen LogP contribution in [0.25, 0.3) is 0 Å². The molecule has 0 aromatic heterocycles. The van der Waals surface area contributed by atoms with Crippen molar-refractivity contribution in [1.29, 1.82) is 0 Å². The molecule has 0 spiro atoms. The molecule has 0 heterocycles. The zero-order valence-electron chi connectivity index (χ0n) is 7.46. The number of aliphatic hydroxyl groups is 1. The Hall–Kier alpha value is -0.0800. The topological polar surface area (TPSA) is 46.2 Å². The summed E-state index contributed by atoms with van der Waals surface area (Å²) in [7, 11) is 0. The average molecular weight is 157 g/mol. The fourth-order valence-electron chi connectivity index (χ4n) is 2.03. The van der Waals surface area contributed by atoms with Crippen LogP contribution in [-0.4, -0.2) is 17.3 Å². The van der Waals surface area contributed by atoms with Gasteiger partial charge in [-0.1, -0.05) is 13.8 Å². The van der Waals surface area contributed by atoms with Crippen molar-refractivity contribution in [1.82, 2.24) is 0 Å². The Balaban J connectivity index is 2.44. The Labute approximate surface area is 68.8 Å². The molecule has 1 fully saturated rings. The summed E-state index contributed by atoms with van der Waals surface area (Å²) in [5.41, 5.74) is 5.91. The van der Waals surface area contributed by atoms with Gasteiger partial charge < -0.3 is 10.8 Å². The van der Waals surface area contributed by atoms with Gasteiger partial charge in [-0.25, -0.2) is 0 Å². The smallest absolute Gasteiger partial charge is 0.0555 e. The summed E-state index contributed by atoms with van der Waals surface area (Å²) in [5.74, 6) is 1.29. The highest BCUT2D eigenvalue weighted by atomic mass is 16.3. The summed E-state index contributed by atoms with van der Waals surface area (Å²) in [5, 5.41) is 9.30. The zero-order chi connectivity index (χ0) is 8.43. The number of aliphatic hydroxyl groups excluding tert-OH is 1. The van der Waals surface area contributed by atoms with Crippen molar-refractivity contribution >= 4 is 0 Å². The van der Waals surface area contributed by atoms with Crippen molar-refractivity contribution in [2.24, 2.45) is 17.6 Å². The zero-order valence-corrected chi connectivity index (χ0v) is 7.46. The number of hydrogen-bond donors (Lipinski definition) is 2. The minimum Gasteiger partial charge on any atom is -0.393 e. The van der Waals surface area contributed by atoms with Crippen molar-refractivity contribution < 1.29 is 5.11 Å². The highest BCUT2D eigenvalue weighted by molar-refractivity contribution is 4.83. The molecule has 3 unspecified atom stereocenters. The maximum absolute atomic E-state index is 9.30. The van der Waals surface area contributed by atoms with Crippen LogP contribution in [0, 0.1) is 11.8 Å². The Bertz CT molecular complexity index is 125. The maximum atomic E-state index is 9.30. The van der Waals surface area contributed by atoms with Gasteiger partial charge >= 0.3 is 0 Å². The maximum Gasteiger partial charge on any atom is 0.0555 e. The molecule has 0 saturated heterocycles. The Kier molecular flexibility index (Phi) is 2.90. The third kappa shape index (κ3) is 2.17. The van der Waals surface area contributed by atoms with E-state index in [9.17, 15) is 5.11 Å². The molecule has 3 N–H and O–H groups in total. The molecule has 66 valence electrons. The van der Waals surface area contributed by atoms with E-state index in [-0.39, 0.29) is 12.1 Å². The Morgan fingerprint density at radius 3 is 2.45 bits per heavy atom. The molecule has 11 heavy (non-hydrogen) atoms. The number of hydrogen-bond acceptors (Lipinski definition) is 2. The molecule has 1 aliphatic carbocycles. The van der Waals surface area contributed by atoms with Crippen LogP contribution in [0.2, 0.25) is 0 Å². The van der Waals surface area contributed by atoms with E-state index < -0.39 is 0 Å². The summed E-state index contributed by atoms with van der Waals surface area (Å²) in [6.07, 6.45) is 2.69. The monoisotopic (exact) mass is 157 g/mol. The van der Waals surface area contributed by atoms with E-state index in [0.717, 1.165) is 19.3 Å². The molecule has 0 aliphatic heterocycles. The first-order valence-electron chi connectivity index (χ1n) is 4.55. The third-order valence-electron chi connectivity index (χ3n) is 2.78. The van der Waals surface area contributed by atoms with Gasteiger partial charge in [0, 0.05) is 6.04 Å². The van der Waals surface area contributed by atoms with Gasteiger partial charge in [0.05, 0.1) is 6.10 Å². The van der Waals surface area contributed by atoms with Gasteiger partial charge in [-0.05, 0) is 31.1 Å². The predicted octanol–water partition coefficient (Wildman–Crippen LogP) is 1.13. The van der Waals surface area contributed by atoms with E-state index in [1.165, 1.54) is 0 Å². The van der Waals surface area contributed by atoms with Gasteiger partial charge in [0.15, 0.2) is 0 Å². The Morgan fingerprint density at radius 2 is 2.00 bits per heavy atom. The average Bonchev–Trinajstić information content (AvgIpc) is 1.85. The predicted molar refractivity (Wildman–Crippen MR) is 46.2 cm³/mol. The van der Waals surface area contributed by atoms with E-state index in [1.54, 1.807) is 0 Å². The first kappa shape index (κ1) is 9.01. The van der Waals surface area contributed by atoms with Crippen molar-refractivity contribution in [3.05, 3.63) is 0 Å². The first-order chi connectivity index (χ1) is 5.11. The van der Waals surface area contributed by atoms with Gasteiger partial charge in [-0.15, -0.1) is 0 Å². The summed E-state index contributed by atoms with van der Waals surface area (Å²) in [4.78, 5) is 0. The lowest BCUT2D eigenvalue weighted by atomic mass is 9.77. The molecule has 0 aromatic rings. The van der Waals surface area contributed by atoms with Crippen molar-refractivity contribution in [2.75, 3.05) is 0 Å². The van der Waals surface area contributed by atoms with Crippen molar-refractivity contribution in [3.8, 4) is 0 Å². The molecule has 0 amide bonds. The van der Waals surface area contributed by atoms with Gasteiger partial charge in [0.25, 0.3) is 0 Å². The molecule has 0 bridgehead atoms. The largest absolute Gasteiger partial charge is 0.393 e. The van der Waals surface area contributed by atoms with E-state index >= 15 is 0 Å². The lowest BCUT2D eigenvalue weighted by Gasteiger charge is -2.34. The highest BCUT2D eigenvalue weighted by Gasteiger charge is 2.28. The molecule has 1 saturated carbocycles. The molecule has 2 nitrogen and oxygen atoms in total. The second-order valence-electron chi connectivity index (χ2n) is 4.04. The Morgan fingerprint density at radius 1 is 1.36 bits per heavy atom. The molecular formula is C9H19NO. The fraction of sp³-hybridized carbons (Fsp3) is 1.00. The van der Waals surface area contributed by atoms with Gasteiger partial charge in [0.1, 0.15) is 0 Å². The van der Waals surface area contributed by atoms with Gasteiger partial charge in [-0.2, -0.15) is 0 Å². The van der Waals surface area contributed by atoms with E-state index in [2.05, 4.69) is 13.8 Å². The summed E-state index contributed by atoms with van der Waals surface area (Å²) in [6, 6.07) is 0.221. The van der Waals surface area contributed by atoms with Crippen LogP contribution in [0.15, 0.2) is 0 Å². The molecule has 1 aliphatic rings. The summed E-state index contributed by atoms with van der Waals surface area (Å²) < 4.78 is 0. The SMILES string of the molecule is CC(C)C1CCC(O)CC1N. The van der Waals surface area contributed by atoms with Crippen LogP contribution < -0.4 is 5.73 Å². The van der Waals surface area contributed by atoms with E-state index in [0.29, 0.717) is 11.8 Å². The quantitative estimate of drug-likeness (QED) is 0.599. The first-order valence-corrected chi connectivity index (χ1v) is 4.55. The van der Waals surface area contributed by atoms with Crippen LogP contribution in [-0.2, 0) is 0 Å². The number of nitrogens with two attached hydrogens (primary N) is 1. The molecule has 1 rings (SSSR count). The molecular weight excluding hydrogens is 138 g/mol. The highest BCUT2D eigenvalue weighted by Crippen LogP contribution is 2.28. The minimum atomic E-state index is -0.139. The molecule has 0 aromatic carbocycles. The normalized spacial score (nSPS) is 39.5. The molecule has 2 heteroatoms. The fourth-order valence-corrected chi connectivity index (χ4v) is 2.03. The van der Waals surface area contributed by atoms with Crippen molar-refractivity contribution in [3.63, 3.8) is 0 Å².